The molecule has 0 saturated carbocycles. The number of ether oxygens (including phenoxy) is 3. The van der Waals surface area contributed by atoms with Crippen molar-refractivity contribution in [2.24, 2.45) is 0 Å². The monoisotopic (exact) mass is 791 g/mol. The fourth-order valence-corrected chi connectivity index (χ4v) is 7.51. The maximum atomic E-state index is 12.6. The van der Waals surface area contributed by atoms with Gasteiger partial charge in [0, 0.05) is 19.4 Å². The number of hydrogen-bond acceptors (Lipinski definition) is 5. The maximum Gasteiger partial charge on any atom is 0.306 e. The Morgan fingerprint density at radius 2 is 0.696 bits per heavy atom. The third kappa shape index (κ3) is 45.3. The summed E-state index contributed by atoms with van der Waals surface area (Å²) >= 11 is 0. The first-order valence-electron chi connectivity index (χ1n) is 25.2. The van der Waals surface area contributed by atoms with E-state index < -0.39 is 6.10 Å². The van der Waals surface area contributed by atoms with E-state index in [1.165, 1.54) is 205 Å². The van der Waals surface area contributed by atoms with E-state index in [4.69, 9.17) is 14.2 Å². The number of rotatable bonds is 47. The first-order valence-corrected chi connectivity index (χ1v) is 25.2. The van der Waals surface area contributed by atoms with Gasteiger partial charge in [0.05, 0.1) is 6.61 Å². The molecule has 0 spiro atoms. The second-order valence-corrected chi connectivity index (χ2v) is 17.1. The molecule has 0 saturated heterocycles. The van der Waals surface area contributed by atoms with Gasteiger partial charge in [-0.1, -0.05) is 232 Å². The van der Waals surface area contributed by atoms with Crippen molar-refractivity contribution >= 4 is 11.9 Å². The molecular formula is C51H98O5. The Hall–Kier alpha value is -1.36. The summed E-state index contributed by atoms with van der Waals surface area (Å²) in [5.41, 5.74) is 0. The van der Waals surface area contributed by atoms with Crippen molar-refractivity contribution < 1.29 is 23.8 Å². The molecule has 0 bridgehead atoms. The largest absolute Gasteiger partial charge is 0.462 e. The van der Waals surface area contributed by atoms with Crippen LogP contribution in [0.3, 0.4) is 0 Å². The minimum atomic E-state index is -0.524. The van der Waals surface area contributed by atoms with Crippen LogP contribution in [0.2, 0.25) is 0 Å². The zero-order chi connectivity index (χ0) is 40.7. The normalized spacial score (nSPS) is 12.1. The van der Waals surface area contributed by atoms with Crippen molar-refractivity contribution in [1.29, 1.82) is 0 Å². The lowest BCUT2D eigenvalue weighted by Gasteiger charge is -2.18. The molecule has 0 aromatic carbocycles. The molecule has 0 aliphatic rings. The number of unbranched alkanes of at least 4 members (excludes halogenated alkanes) is 34. The van der Waals surface area contributed by atoms with Gasteiger partial charge in [-0.15, -0.1) is 0 Å². The highest BCUT2D eigenvalue weighted by Crippen LogP contribution is 2.16. The molecule has 0 N–H and O–H groups in total. The van der Waals surface area contributed by atoms with Gasteiger partial charge < -0.3 is 14.2 Å². The zero-order valence-electron chi connectivity index (χ0n) is 38.2. The molecule has 1 atom stereocenters. The summed E-state index contributed by atoms with van der Waals surface area (Å²) in [6.45, 7) is 7.81. The molecule has 0 aromatic heterocycles. The van der Waals surface area contributed by atoms with E-state index in [1.807, 2.05) is 0 Å². The number of esters is 2. The van der Waals surface area contributed by atoms with Gasteiger partial charge in [-0.25, -0.2) is 0 Å². The Bertz CT molecular complexity index is 810. The van der Waals surface area contributed by atoms with Crippen molar-refractivity contribution in [1.82, 2.24) is 0 Å². The average molecular weight is 791 g/mol. The zero-order valence-corrected chi connectivity index (χ0v) is 38.2. The first-order chi connectivity index (χ1) is 27.6. The third-order valence-electron chi connectivity index (χ3n) is 11.3. The van der Waals surface area contributed by atoms with E-state index in [0.717, 1.165) is 38.5 Å². The smallest absolute Gasteiger partial charge is 0.306 e. The van der Waals surface area contributed by atoms with Gasteiger partial charge in [-0.05, 0) is 44.9 Å². The molecule has 0 aliphatic heterocycles. The van der Waals surface area contributed by atoms with Gasteiger partial charge in [0.1, 0.15) is 6.61 Å². The van der Waals surface area contributed by atoms with Crippen LogP contribution in [0.25, 0.3) is 0 Å². The van der Waals surface area contributed by atoms with Crippen LogP contribution in [0.1, 0.15) is 278 Å². The van der Waals surface area contributed by atoms with Crippen LogP contribution < -0.4 is 0 Å². The van der Waals surface area contributed by atoms with Gasteiger partial charge in [-0.2, -0.15) is 0 Å². The van der Waals surface area contributed by atoms with Crippen LogP contribution in [0, 0.1) is 0 Å². The van der Waals surface area contributed by atoms with Crippen LogP contribution in [0.15, 0.2) is 12.2 Å². The summed E-state index contributed by atoms with van der Waals surface area (Å²) in [6, 6.07) is 0. The van der Waals surface area contributed by atoms with E-state index >= 15 is 0 Å². The van der Waals surface area contributed by atoms with Crippen molar-refractivity contribution in [3.63, 3.8) is 0 Å². The summed E-state index contributed by atoms with van der Waals surface area (Å²) in [5.74, 6) is -0.395. The van der Waals surface area contributed by atoms with E-state index in [2.05, 4.69) is 32.9 Å². The fraction of sp³-hybridized carbons (Fsp3) is 0.922. The summed E-state index contributed by atoms with van der Waals surface area (Å²) in [4.78, 5) is 25.1. The highest BCUT2D eigenvalue weighted by Gasteiger charge is 2.17. The Morgan fingerprint density at radius 3 is 1.09 bits per heavy atom. The predicted octanol–water partition coefficient (Wildman–Crippen LogP) is 16.7. The Morgan fingerprint density at radius 1 is 0.375 bits per heavy atom. The molecule has 0 aliphatic carbocycles. The minimum absolute atomic E-state index is 0.0916. The highest BCUT2D eigenvalue weighted by molar-refractivity contribution is 5.70. The Labute approximate surface area is 350 Å². The van der Waals surface area contributed by atoms with E-state index in [-0.39, 0.29) is 18.5 Å². The van der Waals surface area contributed by atoms with Crippen molar-refractivity contribution in [2.75, 3.05) is 19.8 Å². The highest BCUT2D eigenvalue weighted by atomic mass is 16.6. The number of hydrogen-bond donors (Lipinski definition) is 0. The van der Waals surface area contributed by atoms with Crippen LogP contribution >= 0.6 is 0 Å². The van der Waals surface area contributed by atoms with Crippen molar-refractivity contribution in [2.45, 2.75) is 284 Å². The molecule has 5 heteroatoms. The second-order valence-electron chi connectivity index (χ2n) is 17.1. The molecule has 0 radical (unpaired) electrons. The summed E-state index contributed by atoms with van der Waals surface area (Å²) in [5, 5.41) is 0. The summed E-state index contributed by atoms with van der Waals surface area (Å²) in [7, 11) is 0. The lowest BCUT2D eigenvalue weighted by atomic mass is 10.0. The lowest BCUT2D eigenvalue weighted by Crippen LogP contribution is -2.30. The molecule has 0 fully saturated rings. The minimum Gasteiger partial charge on any atom is -0.462 e. The molecule has 0 aromatic rings. The van der Waals surface area contributed by atoms with Crippen LogP contribution in [0.4, 0.5) is 0 Å². The molecule has 0 amide bonds. The van der Waals surface area contributed by atoms with Crippen molar-refractivity contribution in [3.05, 3.63) is 12.2 Å². The van der Waals surface area contributed by atoms with Gasteiger partial charge in [0.25, 0.3) is 0 Å². The topological polar surface area (TPSA) is 61.8 Å². The molecular weight excluding hydrogens is 693 g/mol. The fourth-order valence-electron chi connectivity index (χ4n) is 7.51. The standard InChI is InChI=1S/C51H98O5/c1-4-7-10-13-15-17-19-21-23-25-26-27-28-30-32-34-36-39-41-44-50(52)55-48-49(56-51(53)45-42-38-12-9-6-3)47-54-46-43-40-37-35-33-31-29-24-22-20-18-16-14-11-8-5-2/h21,23,49H,4-20,22,24-48H2,1-3H3/b23-21-. The molecule has 0 rings (SSSR count). The van der Waals surface area contributed by atoms with E-state index in [0.29, 0.717) is 26.1 Å². The molecule has 332 valence electrons. The van der Waals surface area contributed by atoms with Crippen LogP contribution in [-0.2, 0) is 23.8 Å². The van der Waals surface area contributed by atoms with Gasteiger partial charge in [0.2, 0.25) is 0 Å². The quantitative estimate of drug-likeness (QED) is 0.0349. The Balaban J connectivity index is 3.96. The maximum absolute atomic E-state index is 12.6. The predicted molar refractivity (Wildman–Crippen MR) is 242 cm³/mol. The second kappa shape index (κ2) is 48.0. The number of carbonyl (C=O) groups is 2. The van der Waals surface area contributed by atoms with E-state index in [9.17, 15) is 9.59 Å². The Kier molecular flexibility index (Phi) is 46.8. The summed E-state index contributed by atoms with van der Waals surface area (Å²) < 4.78 is 17.3. The molecule has 0 heterocycles. The first kappa shape index (κ1) is 54.6. The van der Waals surface area contributed by atoms with Gasteiger partial charge in [0.15, 0.2) is 6.10 Å². The third-order valence-corrected chi connectivity index (χ3v) is 11.3. The molecule has 56 heavy (non-hydrogen) atoms. The lowest BCUT2D eigenvalue weighted by molar-refractivity contribution is -0.163. The van der Waals surface area contributed by atoms with Gasteiger partial charge in [-0.3, -0.25) is 9.59 Å². The van der Waals surface area contributed by atoms with Crippen LogP contribution in [-0.4, -0.2) is 37.9 Å². The van der Waals surface area contributed by atoms with Crippen LogP contribution in [0.5, 0.6) is 0 Å². The SMILES string of the molecule is CCCCCCCC/C=C\CCCCCCCCCCCC(=O)OCC(COCCCCCCCCCCCCCCCCCC)OC(=O)CCCCCCC. The molecule has 5 nitrogen and oxygen atoms in total. The van der Waals surface area contributed by atoms with E-state index in [1.54, 1.807) is 0 Å². The number of allylic oxidation sites excluding steroid dienone is 2. The molecule has 1 unspecified atom stereocenters. The summed E-state index contributed by atoms with van der Waals surface area (Å²) in [6.07, 6.45) is 53.9. The van der Waals surface area contributed by atoms with Crippen molar-refractivity contribution in [3.8, 4) is 0 Å². The average Bonchev–Trinajstić information content (AvgIpc) is 3.20. The number of carbonyl (C=O) groups excluding carboxylic acids is 2. The van der Waals surface area contributed by atoms with Gasteiger partial charge >= 0.3 is 11.9 Å².